The SMILES string of the molecule is CC/C=C\C(=O)NC1CCC(C/C=C(C)/C=C/C2CC(CO)CC(C)(C)O2)CC1.COC(=O)c1cccn1C. The number of rotatable bonds is 9. The summed E-state index contributed by atoms with van der Waals surface area (Å²) in [6.45, 7) is 8.65. The highest BCUT2D eigenvalue weighted by Crippen LogP contribution is 2.33. The summed E-state index contributed by atoms with van der Waals surface area (Å²) in [6.07, 6.45) is 20.4. The largest absolute Gasteiger partial charge is 0.464 e. The Hall–Kier alpha value is -2.64. The minimum absolute atomic E-state index is 0.0488. The molecule has 1 aliphatic carbocycles. The van der Waals surface area contributed by atoms with Crippen molar-refractivity contribution in [1.29, 1.82) is 0 Å². The lowest BCUT2D eigenvalue weighted by Crippen LogP contribution is -2.39. The fourth-order valence-electron chi connectivity index (χ4n) is 5.34. The van der Waals surface area contributed by atoms with Crippen LogP contribution in [-0.2, 0) is 21.3 Å². The molecule has 2 atom stereocenters. The summed E-state index contributed by atoms with van der Waals surface area (Å²) in [5.41, 5.74) is 1.68. The number of esters is 1. The van der Waals surface area contributed by atoms with E-state index < -0.39 is 0 Å². The molecule has 1 aromatic rings. The van der Waals surface area contributed by atoms with E-state index in [1.165, 1.54) is 25.5 Å². The zero-order valence-electron chi connectivity index (χ0n) is 24.8. The topological polar surface area (TPSA) is 89.8 Å². The van der Waals surface area contributed by atoms with E-state index in [-0.39, 0.29) is 30.2 Å². The molecule has 218 valence electrons. The molecule has 7 nitrogen and oxygen atoms in total. The summed E-state index contributed by atoms with van der Waals surface area (Å²) in [7, 11) is 3.17. The van der Waals surface area contributed by atoms with Gasteiger partial charge in [0, 0.05) is 25.9 Å². The Bertz CT molecular complexity index is 982. The van der Waals surface area contributed by atoms with Gasteiger partial charge < -0.3 is 24.5 Å². The van der Waals surface area contributed by atoms with Gasteiger partial charge in [0.1, 0.15) is 5.69 Å². The molecule has 2 heterocycles. The van der Waals surface area contributed by atoms with Crippen LogP contribution in [0.2, 0.25) is 0 Å². The van der Waals surface area contributed by atoms with Crippen molar-refractivity contribution >= 4 is 11.9 Å². The van der Waals surface area contributed by atoms with Crippen molar-refractivity contribution in [1.82, 2.24) is 9.88 Å². The summed E-state index contributed by atoms with van der Waals surface area (Å²) < 4.78 is 12.4. The molecular formula is C32H50N2O5. The van der Waals surface area contributed by atoms with Crippen LogP contribution in [0.5, 0.6) is 0 Å². The second-order valence-corrected chi connectivity index (χ2v) is 11.5. The van der Waals surface area contributed by atoms with Gasteiger partial charge in [-0.1, -0.05) is 36.8 Å². The van der Waals surface area contributed by atoms with E-state index in [2.05, 4.69) is 49.1 Å². The Morgan fingerprint density at radius 1 is 1.21 bits per heavy atom. The highest BCUT2D eigenvalue weighted by molar-refractivity contribution is 5.88. The van der Waals surface area contributed by atoms with Crippen LogP contribution in [0, 0.1) is 11.8 Å². The quantitative estimate of drug-likeness (QED) is 0.230. The molecule has 1 saturated heterocycles. The van der Waals surface area contributed by atoms with Crippen LogP contribution in [0.3, 0.4) is 0 Å². The first-order valence-corrected chi connectivity index (χ1v) is 14.4. The van der Waals surface area contributed by atoms with Gasteiger partial charge in [-0.15, -0.1) is 0 Å². The molecule has 2 unspecified atom stereocenters. The van der Waals surface area contributed by atoms with Crippen LogP contribution >= 0.6 is 0 Å². The maximum Gasteiger partial charge on any atom is 0.354 e. The number of carbonyl (C=O) groups excluding carboxylic acids is 2. The van der Waals surface area contributed by atoms with Gasteiger partial charge in [-0.25, -0.2) is 4.79 Å². The number of aryl methyl sites for hydroxylation is 1. The summed E-state index contributed by atoms with van der Waals surface area (Å²) in [4.78, 5) is 22.7. The van der Waals surface area contributed by atoms with Crippen LogP contribution < -0.4 is 5.32 Å². The number of nitrogens with zero attached hydrogens (tertiary/aromatic N) is 1. The standard InChI is InChI=1S/C25H41NO3.C7H9NO2/c1-5-6-7-24(28)26-22-13-11-20(12-14-22)10-8-19(2)9-15-23-16-21(18-27)17-25(3,4)29-23;1-8-5-3-4-6(8)7(9)10-2/h6-9,15,20-23,27H,5,10-14,16-18H2,1-4H3,(H,26,28);3-5H,1-2H3/b7-6-,15-9+,19-8+;. The monoisotopic (exact) mass is 542 g/mol. The Kier molecular flexibility index (Phi) is 13.7. The first-order valence-electron chi connectivity index (χ1n) is 14.4. The molecule has 0 bridgehead atoms. The molecule has 2 fully saturated rings. The van der Waals surface area contributed by atoms with Crippen LogP contribution in [0.15, 0.2) is 54.3 Å². The maximum atomic E-state index is 11.8. The van der Waals surface area contributed by atoms with Gasteiger partial charge >= 0.3 is 5.97 Å². The molecule has 3 rings (SSSR count). The summed E-state index contributed by atoms with van der Waals surface area (Å²) in [5, 5.41) is 12.7. The van der Waals surface area contributed by atoms with Gasteiger partial charge in [-0.3, -0.25) is 4.79 Å². The number of nitrogens with one attached hydrogen (secondary N) is 1. The Morgan fingerprint density at radius 2 is 1.92 bits per heavy atom. The van der Waals surface area contributed by atoms with E-state index in [0.717, 1.165) is 38.5 Å². The summed E-state index contributed by atoms with van der Waals surface area (Å²) in [6, 6.07) is 3.84. The number of ether oxygens (including phenoxy) is 2. The first kappa shape index (κ1) is 32.6. The third kappa shape index (κ3) is 12.0. The predicted octanol–water partition coefficient (Wildman–Crippen LogP) is 5.90. The van der Waals surface area contributed by atoms with Crippen LogP contribution in [0.1, 0.15) is 89.5 Å². The molecule has 0 aromatic carbocycles. The van der Waals surface area contributed by atoms with Gasteiger partial charge in [0.25, 0.3) is 0 Å². The Morgan fingerprint density at radius 3 is 2.51 bits per heavy atom. The molecule has 1 aliphatic heterocycles. The Balaban J connectivity index is 0.000000446. The van der Waals surface area contributed by atoms with Crippen molar-refractivity contribution in [2.75, 3.05) is 13.7 Å². The predicted molar refractivity (Wildman–Crippen MR) is 156 cm³/mol. The van der Waals surface area contributed by atoms with E-state index in [4.69, 9.17) is 4.74 Å². The number of aliphatic hydroxyl groups excluding tert-OH is 1. The second-order valence-electron chi connectivity index (χ2n) is 11.5. The minimum Gasteiger partial charge on any atom is -0.464 e. The lowest BCUT2D eigenvalue weighted by molar-refractivity contribution is -0.117. The lowest BCUT2D eigenvalue weighted by Gasteiger charge is -2.39. The van der Waals surface area contributed by atoms with E-state index in [9.17, 15) is 14.7 Å². The molecule has 2 aliphatic rings. The maximum absolute atomic E-state index is 11.8. The number of aliphatic hydroxyl groups is 1. The normalized spacial score (nSPS) is 25.3. The summed E-state index contributed by atoms with van der Waals surface area (Å²) in [5.74, 6) is 0.785. The lowest BCUT2D eigenvalue weighted by atomic mass is 9.83. The molecule has 1 amide bonds. The number of hydrogen-bond acceptors (Lipinski definition) is 5. The number of carbonyl (C=O) groups is 2. The number of aromatic nitrogens is 1. The van der Waals surface area contributed by atoms with Gasteiger partial charge in [-0.05, 0) is 102 Å². The molecule has 39 heavy (non-hydrogen) atoms. The molecule has 1 saturated carbocycles. The number of amides is 1. The highest BCUT2D eigenvalue weighted by atomic mass is 16.5. The third-order valence-corrected chi connectivity index (χ3v) is 7.46. The molecule has 0 spiro atoms. The van der Waals surface area contributed by atoms with Crippen molar-refractivity contribution in [2.24, 2.45) is 18.9 Å². The number of methoxy groups -OCH3 is 1. The van der Waals surface area contributed by atoms with E-state index in [0.29, 0.717) is 23.6 Å². The van der Waals surface area contributed by atoms with E-state index in [1.807, 2.05) is 13.0 Å². The Labute approximate surface area is 235 Å². The molecule has 7 heteroatoms. The van der Waals surface area contributed by atoms with E-state index in [1.54, 1.807) is 36.0 Å². The van der Waals surface area contributed by atoms with Gasteiger partial charge in [-0.2, -0.15) is 0 Å². The van der Waals surface area contributed by atoms with Crippen LogP contribution in [0.4, 0.5) is 0 Å². The van der Waals surface area contributed by atoms with Crippen molar-refractivity contribution in [3.8, 4) is 0 Å². The summed E-state index contributed by atoms with van der Waals surface area (Å²) >= 11 is 0. The van der Waals surface area contributed by atoms with Crippen LogP contribution in [-0.4, -0.2) is 53.0 Å². The average Bonchev–Trinajstić information content (AvgIpc) is 3.35. The first-order chi connectivity index (χ1) is 18.6. The van der Waals surface area contributed by atoms with Crippen molar-refractivity contribution in [3.05, 3.63) is 60.0 Å². The van der Waals surface area contributed by atoms with Crippen molar-refractivity contribution in [2.45, 2.75) is 96.8 Å². The number of allylic oxidation sites excluding steroid dienone is 4. The average molecular weight is 543 g/mol. The zero-order valence-corrected chi connectivity index (χ0v) is 24.8. The van der Waals surface area contributed by atoms with Crippen molar-refractivity contribution < 1.29 is 24.2 Å². The zero-order chi connectivity index (χ0) is 28.8. The smallest absolute Gasteiger partial charge is 0.354 e. The second kappa shape index (κ2) is 16.5. The minimum atomic E-state index is -0.299. The van der Waals surface area contributed by atoms with Crippen LogP contribution in [0.25, 0.3) is 0 Å². The van der Waals surface area contributed by atoms with Gasteiger partial charge in [0.05, 0.1) is 18.8 Å². The van der Waals surface area contributed by atoms with Gasteiger partial charge in [0.2, 0.25) is 5.91 Å². The van der Waals surface area contributed by atoms with Gasteiger partial charge in [0.15, 0.2) is 0 Å². The van der Waals surface area contributed by atoms with E-state index >= 15 is 0 Å². The fraction of sp³-hybridized carbons (Fsp3) is 0.625. The highest BCUT2D eigenvalue weighted by Gasteiger charge is 2.33. The third-order valence-electron chi connectivity index (χ3n) is 7.46. The fourth-order valence-corrected chi connectivity index (χ4v) is 5.34. The number of hydrogen-bond donors (Lipinski definition) is 2. The molecule has 0 radical (unpaired) electrons. The van der Waals surface area contributed by atoms with Crippen molar-refractivity contribution in [3.63, 3.8) is 0 Å². The molecular weight excluding hydrogens is 492 g/mol. The molecule has 1 aromatic heterocycles. The molecule has 2 N–H and O–H groups in total.